The Kier molecular flexibility index (Phi) is 10.0. The van der Waals surface area contributed by atoms with Gasteiger partial charge in [0.1, 0.15) is 0 Å². The number of fused-ring (bicyclic) bond motifs is 1. The molecule has 2 unspecified atom stereocenters. The molecule has 2 heterocycles. The van der Waals surface area contributed by atoms with Crippen LogP contribution in [0.3, 0.4) is 0 Å². The van der Waals surface area contributed by atoms with Gasteiger partial charge in [0.25, 0.3) is 0 Å². The number of hydrazone groups is 1. The molecule has 1 fully saturated rings. The molecule has 45 heavy (non-hydrogen) atoms. The first-order chi connectivity index (χ1) is 21.3. The third kappa shape index (κ3) is 7.61. The van der Waals surface area contributed by atoms with Gasteiger partial charge in [-0.3, -0.25) is 14.6 Å². The maximum atomic E-state index is 14.1. The average Bonchev–Trinajstić information content (AvgIpc) is 3.30. The molecule has 2 atom stereocenters. The van der Waals surface area contributed by atoms with Crippen molar-refractivity contribution in [2.75, 3.05) is 18.6 Å². The fraction of sp³-hybridized carbons (Fsp3) is 0.516. The number of hydrazine groups is 2. The van der Waals surface area contributed by atoms with Gasteiger partial charge in [-0.25, -0.2) is 5.53 Å². The van der Waals surface area contributed by atoms with Gasteiger partial charge in [-0.2, -0.15) is 13.2 Å². The lowest BCUT2D eigenvalue weighted by Gasteiger charge is -2.44. The molecule has 0 bridgehead atoms. The predicted molar refractivity (Wildman–Crippen MR) is 166 cm³/mol. The van der Waals surface area contributed by atoms with E-state index >= 15 is 0 Å². The van der Waals surface area contributed by atoms with E-state index in [1.807, 2.05) is 11.9 Å². The predicted octanol–water partition coefficient (Wildman–Crippen LogP) is 6.15. The highest BCUT2D eigenvalue weighted by Crippen LogP contribution is 2.40. The third-order valence-electron chi connectivity index (χ3n) is 8.77. The minimum atomic E-state index is -4.52. The number of hydrogen-bond donors (Lipinski definition) is 2. The fourth-order valence-corrected chi connectivity index (χ4v) is 7.00. The van der Waals surface area contributed by atoms with Crippen molar-refractivity contribution in [3.8, 4) is 0 Å². The summed E-state index contributed by atoms with van der Waals surface area (Å²) in [6, 6.07) is 7.94. The molecule has 1 saturated carbocycles. The number of ether oxygens (including phenoxy) is 1. The van der Waals surface area contributed by atoms with Gasteiger partial charge in [-0.1, -0.05) is 23.2 Å². The molecular formula is C31H37Cl2F3N6O3. The van der Waals surface area contributed by atoms with E-state index in [9.17, 15) is 22.8 Å². The Bertz CT molecular complexity index is 1430. The van der Waals surface area contributed by atoms with Crippen molar-refractivity contribution in [3.05, 3.63) is 63.1 Å². The highest BCUT2D eigenvalue weighted by molar-refractivity contribution is 6.34. The zero-order chi connectivity index (χ0) is 32.5. The number of nitrogens with one attached hydrogen (secondary N) is 2. The molecule has 3 aliphatic rings. The second-order valence-electron chi connectivity index (χ2n) is 11.9. The number of anilines is 1. The van der Waals surface area contributed by atoms with Crippen molar-refractivity contribution >= 4 is 46.7 Å². The molecule has 5 rings (SSSR count). The topological polar surface area (TPSA) is 89.5 Å². The molecule has 244 valence electrons. The number of amides is 1. The lowest BCUT2D eigenvalue weighted by atomic mass is 9.79. The number of halogens is 5. The molecule has 2 aromatic rings. The lowest BCUT2D eigenvalue weighted by Crippen LogP contribution is -2.59. The molecule has 2 aromatic carbocycles. The number of carbonyl (C=O) groups excluding carboxylic acids is 2. The molecule has 14 heteroatoms. The molecule has 2 aliphatic heterocycles. The van der Waals surface area contributed by atoms with Gasteiger partial charge in [0.2, 0.25) is 11.9 Å². The number of benzene rings is 2. The van der Waals surface area contributed by atoms with Gasteiger partial charge >= 0.3 is 12.1 Å². The summed E-state index contributed by atoms with van der Waals surface area (Å²) in [6.45, 7) is 4.35. The molecule has 0 aromatic heterocycles. The summed E-state index contributed by atoms with van der Waals surface area (Å²) in [5.74, 6) is -0.0808. The Morgan fingerprint density at radius 3 is 2.42 bits per heavy atom. The average molecular weight is 670 g/mol. The molecular weight excluding hydrogens is 632 g/mol. The number of alkyl halides is 3. The summed E-state index contributed by atoms with van der Waals surface area (Å²) in [7, 11) is 1.77. The highest BCUT2D eigenvalue weighted by Gasteiger charge is 2.42. The monoisotopic (exact) mass is 668 g/mol. The first kappa shape index (κ1) is 33.2. The van der Waals surface area contributed by atoms with Gasteiger partial charge < -0.3 is 15.0 Å². The van der Waals surface area contributed by atoms with E-state index in [2.05, 4.69) is 16.0 Å². The summed E-state index contributed by atoms with van der Waals surface area (Å²) >= 11 is 12.4. The van der Waals surface area contributed by atoms with E-state index in [1.165, 1.54) is 6.07 Å². The van der Waals surface area contributed by atoms with E-state index < -0.39 is 23.8 Å². The summed E-state index contributed by atoms with van der Waals surface area (Å²) < 4.78 is 46.3. The van der Waals surface area contributed by atoms with E-state index in [4.69, 9.17) is 27.9 Å². The summed E-state index contributed by atoms with van der Waals surface area (Å²) in [5.41, 5.74) is 3.87. The molecule has 0 spiro atoms. The minimum Gasteiger partial charge on any atom is -0.466 e. The van der Waals surface area contributed by atoms with Crippen molar-refractivity contribution in [2.45, 2.75) is 77.2 Å². The molecule has 1 amide bonds. The maximum Gasteiger partial charge on any atom is 0.416 e. The van der Waals surface area contributed by atoms with Crippen LogP contribution in [0, 0.1) is 11.8 Å². The van der Waals surface area contributed by atoms with E-state index in [-0.39, 0.29) is 30.1 Å². The normalized spacial score (nSPS) is 23.7. The van der Waals surface area contributed by atoms with Crippen molar-refractivity contribution in [2.24, 2.45) is 16.9 Å². The number of hydrogen-bond acceptors (Lipinski definition) is 8. The highest BCUT2D eigenvalue weighted by atomic mass is 35.5. The second kappa shape index (κ2) is 13.6. The van der Waals surface area contributed by atoms with Crippen LogP contribution in [0.15, 0.2) is 41.5 Å². The number of guanidine groups is 1. The lowest BCUT2D eigenvalue weighted by molar-refractivity contribution is -0.144. The first-order valence-corrected chi connectivity index (χ1v) is 15.8. The zero-order valence-electron chi connectivity index (χ0n) is 25.3. The van der Waals surface area contributed by atoms with Gasteiger partial charge in [-0.05, 0) is 99.4 Å². The fourth-order valence-electron chi connectivity index (χ4n) is 6.43. The van der Waals surface area contributed by atoms with Crippen LogP contribution in [0.4, 0.5) is 18.9 Å². The number of esters is 1. The van der Waals surface area contributed by atoms with Crippen LogP contribution in [0.5, 0.6) is 0 Å². The van der Waals surface area contributed by atoms with E-state index in [0.717, 1.165) is 17.7 Å². The van der Waals surface area contributed by atoms with E-state index in [0.29, 0.717) is 72.5 Å². The number of nitrogens with zero attached hydrogens (tertiary/aromatic N) is 4. The van der Waals surface area contributed by atoms with Crippen LogP contribution in [-0.2, 0) is 33.5 Å². The molecule has 0 radical (unpaired) electrons. The van der Waals surface area contributed by atoms with Crippen LogP contribution >= 0.6 is 23.2 Å². The number of rotatable bonds is 7. The zero-order valence-corrected chi connectivity index (χ0v) is 26.8. The SMILES string of the molecule is CCOC(=O)C[C@H]1CC[C@H](C(=O)N2c3ccc(C(F)(F)F)cc3CC(NC3=NNN(C)N3Cc3cc(Cl)cc(Cl)c3)C2C)CC1. The summed E-state index contributed by atoms with van der Waals surface area (Å²) in [4.78, 5) is 27.8. The number of carbonyl (C=O) groups is 2. The van der Waals surface area contributed by atoms with Crippen molar-refractivity contribution < 1.29 is 27.5 Å². The van der Waals surface area contributed by atoms with Gasteiger partial charge in [-0.15, -0.1) is 10.2 Å². The minimum absolute atomic E-state index is 0.126. The molecule has 2 N–H and O–H groups in total. The van der Waals surface area contributed by atoms with Crippen molar-refractivity contribution in [3.63, 3.8) is 0 Å². The Hall–Kier alpha value is -3.22. The summed E-state index contributed by atoms with van der Waals surface area (Å²) in [6.07, 6.45) is -1.35. The quantitative estimate of drug-likeness (QED) is 0.343. The molecule has 0 saturated heterocycles. The smallest absolute Gasteiger partial charge is 0.416 e. The largest absolute Gasteiger partial charge is 0.466 e. The van der Waals surface area contributed by atoms with Crippen LogP contribution in [0.25, 0.3) is 0 Å². The Balaban J connectivity index is 1.37. The Morgan fingerprint density at radius 2 is 1.78 bits per heavy atom. The first-order valence-electron chi connectivity index (χ1n) is 15.1. The van der Waals surface area contributed by atoms with Crippen LogP contribution in [0.1, 0.15) is 62.6 Å². The molecule has 1 aliphatic carbocycles. The van der Waals surface area contributed by atoms with Gasteiger partial charge in [0.15, 0.2) is 0 Å². The second-order valence-corrected chi connectivity index (χ2v) is 12.7. The van der Waals surface area contributed by atoms with Gasteiger partial charge in [0, 0.05) is 35.1 Å². The maximum absolute atomic E-state index is 14.1. The van der Waals surface area contributed by atoms with E-state index in [1.54, 1.807) is 42.2 Å². The van der Waals surface area contributed by atoms with Crippen molar-refractivity contribution in [1.82, 2.24) is 21.0 Å². The van der Waals surface area contributed by atoms with Crippen LogP contribution < -0.4 is 15.8 Å². The van der Waals surface area contributed by atoms with Gasteiger partial charge in [0.05, 0.1) is 30.8 Å². The Morgan fingerprint density at radius 1 is 1.09 bits per heavy atom. The van der Waals surface area contributed by atoms with Crippen LogP contribution in [0.2, 0.25) is 10.0 Å². The Labute approximate surface area is 270 Å². The molecule has 9 nitrogen and oxygen atoms in total. The summed E-state index contributed by atoms with van der Waals surface area (Å²) in [5, 5.41) is 12.3. The van der Waals surface area contributed by atoms with Crippen molar-refractivity contribution in [1.29, 1.82) is 0 Å². The third-order valence-corrected chi connectivity index (χ3v) is 9.20. The standard InChI is InChI=1S/C31H37Cl2F3N6O3/c1-4-45-28(43)13-19-5-7-21(8-6-19)29(44)42-18(2)26(15-22-14-23(31(34,35)36)9-10-27(22)42)37-30-38-39-40(3)41(30)17-20-11-24(32)16-25(33)12-20/h9-12,14,16,18-19,21,26,39H,4-8,13,15,17H2,1-3H3,(H,37,38)/t18?,19-,21-,26?. The van der Waals surface area contributed by atoms with Crippen LogP contribution in [-0.4, -0.2) is 53.7 Å².